The summed E-state index contributed by atoms with van der Waals surface area (Å²) in [6, 6.07) is 5.30. The number of nitroso groups, excluding NO2 is 1. The van der Waals surface area contributed by atoms with E-state index in [9.17, 15) is 19.8 Å². The molecule has 0 radical (unpaired) electrons. The molecule has 0 saturated carbocycles. The van der Waals surface area contributed by atoms with Crippen LogP contribution in [-0.4, -0.2) is 22.9 Å². The molecule has 8 heteroatoms. The van der Waals surface area contributed by atoms with E-state index >= 15 is 0 Å². The lowest BCUT2D eigenvalue weighted by Crippen LogP contribution is -2.23. The van der Waals surface area contributed by atoms with Crippen LogP contribution in [0.15, 0.2) is 29.6 Å². The summed E-state index contributed by atoms with van der Waals surface area (Å²) in [6.45, 7) is 1.19. The molecule has 18 heavy (non-hydrogen) atoms. The van der Waals surface area contributed by atoms with Crippen molar-refractivity contribution in [2.24, 2.45) is 5.29 Å². The molecule has 0 aliphatic heterocycles. The molecule has 0 saturated heterocycles. The monoisotopic (exact) mass is 253 g/mol. The fourth-order valence-corrected chi connectivity index (χ4v) is 1.32. The van der Waals surface area contributed by atoms with Crippen LogP contribution in [0.3, 0.4) is 0 Å². The molecule has 0 spiro atoms. The lowest BCUT2D eigenvalue weighted by molar-refractivity contribution is -0.384. The Morgan fingerprint density at radius 1 is 1.44 bits per heavy atom. The van der Waals surface area contributed by atoms with Gasteiger partial charge in [-0.05, 0) is 12.1 Å². The molecule has 0 bridgehead atoms. The minimum Gasteiger partial charge on any atom is -0.436 e. The number of nitrogens with zero attached hydrogens (tertiary/aromatic N) is 3. The first-order valence-electron chi connectivity index (χ1n) is 4.93. The fraction of sp³-hybridized carbons (Fsp3) is 0.300. The average Bonchev–Trinajstić information content (AvgIpc) is 2.35. The van der Waals surface area contributed by atoms with Gasteiger partial charge in [0.05, 0.1) is 10.2 Å². The Hall–Kier alpha value is -2.51. The Morgan fingerprint density at radius 3 is 2.39 bits per heavy atom. The molecular formula is C10H11N3O5. The van der Waals surface area contributed by atoms with E-state index in [-0.39, 0.29) is 5.69 Å². The van der Waals surface area contributed by atoms with E-state index in [1.54, 1.807) is 0 Å². The van der Waals surface area contributed by atoms with Crippen molar-refractivity contribution in [1.29, 1.82) is 0 Å². The molecule has 0 fully saturated rings. The quantitative estimate of drug-likeness (QED) is 0.260. The highest BCUT2D eigenvalue weighted by molar-refractivity contribution is 5.66. The summed E-state index contributed by atoms with van der Waals surface area (Å²) in [4.78, 5) is 31.3. The van der Waals surface area contributed by atoms with Crippen molar-refractivity contribution < 1.29 is 14.5 Å². The van der Waals surface area contributed by atoms with Crippen molar-refractivity contribution in [1.82, 2.24) is 5.01 Å². The van der Waals surface area contributed by atoms with E-state index in [0.717, 1.165) is 5.01 Å². The van der Waals surface area contributed by atoms with Crippen molar-refractivity contribution in [3.8, 4) is 0 Å². The lowest BCUT2D eigenvalue weighted by Gasteiger charge is -2.22. The maximum Gasteiger partial charge on any atom is 0.304 e. The highest BCUT2D eigenvalue weighted by atomic mass is 16.6. The van der Waals surface area contributed by atoms with Crippen molar-refractivity contribution in [3.63, 3.8) is 0 Å². The summed E-state index contributed by atoms with van der Waals surface area (Å²) in [7, 11) is 1.34. The zero-order valence-electron chi connectivity index (χ0n) is 9.77. The normalized spacial score (nSPS) is 11.4. The van der Waals surface area contributed by atoms with Gasteiger partial charge >= 0.3 is 5.97 Å². The molecule has 1 rings (SSSR count). The van der Waals surface area contributed by atoms with Crippen LogP contribution >= 0.6 is 0 Å². The summed E-state index contributed by atoms with van der Waals surface area (Å²) >= 11 is 0. The van der Waals surface area contributed by atoms with Crippen LogP contribution in [0.2, 0.25) is 0 Å². The highest BCUT2D eigenvalue weighted by Gasteiger charge is 2.20. The third-order valence-electron chi connectivity index (χ3n) is 2.13. The largest absolute Gasteiger partial charge is 0.436 e. The van der Waals surface area contributed by atoms with E-state index in [2.05, 4.69) is 5.29 Å². The SMILES string of the molecule is CC(=O)OC(c1ccc([N+](=O)[O-])cc1)N(C)N=O. The van der Waals surface area contributed by atoms with Crippen molar-refractivity contribution in [2.75, 3.05) is 7.05 Å². The number of carbonyl (C=O) groups is 1. The maximum atomic E-state index is 10.9. The van der Waals surface area contributed by atoms with Crippen molar-refractivity contribution in [3.05, 3.63) is 44.9 Å². The third kappa shape index (κ3) is 3.24. The predicted molar refractivity (Wildman–Crippen MR) is 61.2 cm³/mol. The number of hydrogen-bond donors (Lipinski definition) is 0. The van der Waals surface area contributed by atoms with Gasteiger partial charge in [-0.25, -0.2) is 5.01 Å². The summed E-state index contributed by atoms with van der Waals surface area (Å²) in [5.41, 5.74) is 0.319. The van der Waals surface area contributed by atoms with Gasteiger partial charge in [-0.15, -0.1) is 4.91 Å². The average molecular weight is 253 g/mol. The van der Waals surface area contributed by atoms with Gasteiger partial charge in [0.15, 0.2) is 0 Å². The van der Waals surface area contributed by atoms with Crippen LogP contribution in [0.5, 0.6) is 0 Å². The molecule has 1 aromatic rings. The Morgan fingerprint density at radius 2 is 2.00 bits per heavy atom. The number of esters is 1. The van der Waals surface area contributed by atoms with Gasteiger partial charge in [0.1, 0.15) is 0 Å². The number of benzene rings is 1. The van der Waals surface area contributed by atoms with Gasteiger partial charge in [-0.3, -0.25) is 14.9 Å². The molecule has 0 aliphatic carbocycles. The van der Waals surface area contributed by atoms with Gasteiger partial charge in [0, 0.05) is 31.7 Å². The van der Waals surface area contributed by atoms with Crippen LogP contribution < -0.4 is 0 Å². The standard InChI is InChI=1S/C10H11N3O5/c1-7(14)18-10(12(2)11-15)8-3-5-9(6-4-8)13(16)17/h3-6,10H,1-2H3. The predicted octanol–water partition coefficient (Wildman–Crippen LogP) is 1.77. The smallest absolute Gasteiger partial charge is 0.304 e. The number of nitro benzene ring substituents is 1. The molecule has 0 aliphatic rings. The fourth-order valence-electron chi connectivity index (χ4n) is 1.32. The zero-order valence-corrected chi connectivity index (χ0v) is 9.77. The second-order valence-electron chi connectivity index (χ2n) is 3.47. The van der Waals surface area contributed by atoms with E-state index in [0.29, 0.717) is 5.56 Å². The topological polar surface area (TPSA) is 102 Å². The van der Waals surface area contributed by atoms with Gasteiger partial charge in [-0.1, -0.05) is 0 Å². The molecule has 1 atom stereocenters. The molecule has 0 amide bonds. The first-order chi connectivity index (χ1) is 8.45. The summed E-state index contributed by atoms with van der Waals surface area (Å²) in [5, 5.41) is 14.0. The highest BCUT2D eigenvalue weighted by Crippen LogP contribution is 2.23. The van der Waals surface area contributed by atoms with Crippen LogP contribution in [0.25, 0.3) is 0 Å². The molecule has 8 nitrogen and oxygen atoms in total. The third-order valence-corrected chi connectivity index (χ3v) is 2.13. The molecule has 1 unspecified atom stereocenters. The molecule has 96 valence electrons. The van der Waals surface area contributed by atoms with Crippen molar-refractivity contribution in [2.45, 2.75) is 13.2 Å². The summed E-state index contributed by atoms with van der Waals surface area (Å²) < 4.78 is 4.91. The number of nitro groups is 1. The van der Waals surface area contributed by atoms with E-state index < -0.39 is 17.1 Å². The van der Waals surface area contributed by atoms with Crippen LogP contribution in [0.1, 0.15) is 18.7 Å². The van der Waals surface area contributed by atoms with E-state index in [1.165, 1.54) is 38.2 Å². The zero-order chi connectivity index (χ0) is 13.7. The van der Waals surface area contributed by atoms with Crippen LogP contribution in [0, 0.1) is 15.0 Å². The number of non-ortho nitro benzene ring substituents is 1. The first kappa shape index (κ1) is 13.6. The van der Waals surface area contributed by atoms with Crippen LogP contribution in [-0.2, 0) is 9.53 Å². The van der Waals surface area contributed by atoms with Gasteiger partial charge in [-0.2, -0.15) is 0 Å². The number of hydrogen-bond acceptors (Lipinski definition) is 6. The minimum atomic E-state index is -0.999. The minimum absolute atomic E-state index is 0.0953. The van der Waals surface area contributed by atoms with E-state index in [4.69, 9.17) is 4.74 Å². The Balaban J connectivity index is 3.01. The molecular weight excluding hydrogens is 242 g/mol. The van der Waals surface area contributed by atoms with Gasteiger partial charge in [0.2, 0.25) is 6.23 Å². The molecule has 1 aromatic carbocycles. The van der Waals surface area contributed by atoms with E-state index in [1.807, 2.05) is 0 Å². The Bertz CT molecular complexity index is 459. The molecule has 0 N–H and O–H groups in total. The molecule has 0 aromatic heterocycles. The number of ether oxygens (including phenoxy) is 1. The summed E-state index contributed by atoms with van der Waals surface area (Å²) in [6.07, 6.45) is -0.999. The second-order valence-corrected chi connectivity index (χ2v) is 3.47. The summed E-state index contributed by atoms with van der Waals surface area (Å²) in [5.74, 6) is -0.589. The number of rotatable bonds is 5. The molecule has 0 heterocycles. The van der Waals surface area contributed by atoms with Gasteiger partial charge < -0.3 is 4.74 Å². The van der Waals surface area contributed by atoms with Crippen molar-refractivity contribution >= 4 is 11.7 Å². The Labute approximate surface area is 102 Å². The first-order valence-corrected chi connectivity index (χ1v) is 4.93. The maximum absolute atomic E-state index is 10.9. The lowest BCUT2D eigenvalue weighted by atomic mass is 10.2. The Kier molecular flexibility index (Phi) is 4.30. The van der Waals surface area contributed by atoms with Gasteiger partial charge in [0.25, 0.3) is 5.69 Å². The second kappa shape index (κ2) is 5.71. The van der Waals surface area contributed by atoms with Crippen LogP contribution in [0.4, 0.5) is 5.69 Å². The number of carbonyl (C=O) groups excluding carboxylic acids is 1.